The molecule has 1 aliphatic heterocycles. The van der Waals surface area contributed by atoms with Crippen molar-refractivity contribution in [2.75, 3.05) is 29.8 Å². The maximum Gasteiger partial charge on any atom is 0.265 e. The van der Waals surface area contributed by atoms with E-state index in [9.17, 15) is 8.42 Å². The number of aromatic nitrogens is 1. The fourth-order valence-electron chi connectivity index (χ4n) is 3.76. The molecule has 0 spiro atoms. The lowest BCUT2D eigenvalue weighted by atomic mass is 9.99. The highest BCUT2D eigenvalue weighted by molar-refractivity contribution is 7.92. The second-order valence-electron chi connectivity index (χ2n) is 8.02. The van der Waals surface area contributed by atoms with E-state index in [1.54, 1.807) is 30.3 Å². The molecule has 0 bridgehead atoms. The molecule has 0 radical (unpaired) electrons. The van der Waals surface area contributed by atoms with Crippen molar-refractivity contribution in [1.29, 1.82) is 0 Å². The molecule has 0 aliphatic carbocycles. The molecule has 1 aromatic heterocycles. The van der Waals surface area contributed by atoms with Crippen molar-refractivity contribution in [2.45, 2.75) is 31.6 Å². The van der Waals surface area contributed by atoms with Gasteiger partial charge in [-0.25, -0.2) is 8.42 Å². The fourth-order valence-corrected chi connectivity index (χ4v) is 5.01. The molecule has 8 heteroatoms. The zero-order valence-corrected chi connectivity index (χ0v) is 18.8. The first kappa shape index (κ1) is 21.2. The van der Waals surface area contributed by atoms with E-state index < -0.39 is 10.0 Å². The quantitative estimate of drug-likeness (QED) is 0.597. The van der Waals surface area contributed by atoms with Gasteiger partial charge in [-0.15, -0.1) is 0 Å². The monoisotopic (exact) mass is 441 g/mol. The zero-order chi connectivity index (χ0) is 22.0. The summed E-state index contributed by atoms with van der Waals surface area (Å²) in [5.41, 5.74) is 2.93. The number of aryl methyl sites for hydroxylation is 1. The van der Waals surface area contributed by atoms with Crippen molar-refractivity contribution in [3.63, 3.8) is 0 Å². The molecular weight excluding hydrogens is 414 g/mol. The summed E-state index contributed by atoms with van der Waals surface area (Å²) < 4.78 is 39.5. The first-order chi connectivity index (χ1) is 14.9. The lowest BCUT2D eigenvalue weighted by molar-refractivity contribution is 0.402. The van der Waals surface area contributed by atoms with Gasteiger partial charge in [-0.2, -0.15) is 0 Å². The maximum atomic E-state index is 13.1. The molecular formula is C23H27N3O4S. The molecule has 7 nitrogen and oxygen atoms in total. The van der Waals surface area contributed by atoms with Gasteiger partial charge in [0.05, 0.1) is 12.8 Å². The molecule has 2 aromatic carbocycles. The third kappa shape index (κ3) is 4.69. The van der Waals surface area contributed by atoms with E-state index in [-0.39, 0.29) is 10.6 Å². The van der Waals surface area contributed by atoms with Gasteiger partial charge in [-0.05, 0) is 68.1 Å². The molecule has 3 aromatic rings. The molecule has 1 saturated heterocycles. The summed E-state index contributed by atoms with van der Waals surface area (Å²) in [6.45, 7) is 6.14. The summed E-state index contributed by atoms with van der Waals surface area (Å²) in [7, 11) is -2.43. The number of nitrogens with one attached hydrogen (secondary N) is 1. The Bertz CT molecular complexity index is 1150. The number of hydrogen-bond acceptors (Lipinski definition) is 6. The van der Waals surface area contributed by atoms with Crippen molar-refractivity contribution in [3.05, 3.63) is 54.2 Å². The van der Waals surface area contributed by atoms with E-state index in [0.717, 1.165) is 30.4 Å². The van der Waals surface area contributed by atoms with Crippen LogP contribution in [0.15, 0.2) is 57.9 Å². The highest BCUT2D eigenvalue weighted by atomic mass is 32.2. The maximum absolute atomic E-state index is 13.1. The smallest absolute Gasteiger partial charge is 0.265 e. The van der Waals surface area contributed by atoms with Gasteiger partial charge in [-0.3, -0.25) is 4.72 Å². The Balaban J connectivity index is 1.57. The minimum Gasteiger partial charge on any atom is -0.495 e. The van der Waals surface area contributed by atoms with Crippen LogP contribution in [0.3, 0.4) is 0 Å². The van der Waals surface area contributed by atoms with Crippen LogP contribution in [0.25, 0.3) is 11.3 Å². The molecule has 1 N–H and O–H groups in total. The number of hydrogen-bond donors (Lipinski definition) is 1. The Morgan fingerprint density at radius 1 is 1.10 bits per heavy atom. The van der Waals surface area contributed by atoms with Crippen LogP contribution in [0.1, 0.15) is 25.5 Å². The van der Waals surface area contributed by atoms with Gasteiger partial charge in [0.25, 0.3) is 10.0 Å². The summed E-state index contributed by atoms with van der Waals surface area (Å²) in [6.07, 6.45) is 2.35. The van der Waals surface area contributed by atoms with Crippen molar-refractivity contribution in [1.82, 2.24) is 5.16 Å². The molecule has 164 valence electrons. The Labute approximate surface area is 183 Å². The van der Waals surface area contributed by atoms with Gasteiger partial charge in [-0.1, -0.05) is 12.1 Å². The molecule has 31 heavy (non-hydrogen) atoms. The molecule has 0 amide bonds. The topological polar surface area (TPSA) is 84.7 Å². The van der Waals surface area contributed by atoms with Crippen LogP contribution < -0.4 is 14.4 Å². The van der Waals surface area contributed by atoms with Crippen molar-refractivity contribution in [2.24, 2.45) is 5.92 Å². The Kier molecular flexibility index (Phi) is 5.91. The number of anilines is 2. The molecule has 2 heterocycles. The molecule has 0 atom stereocenters. The van der Waals surface area contributed by atoms with Crippen LogP contribution in [-0.4, -0.2) is 33.8 Å². The number of rotatable bonds is 6. The predicted octanol–water partition coefficient (Wildman–Crippen LogP) is 4.70. The second kappa shape index (κ2) is 8.63. The molecule has 0 saturated carbocycles. The van der Waals surface area contributed by atoms with E-state index in [1.807, 2.05) is 19.1 Å². The number of sulfonamides is 1. The van der Waals surface area contributed by atoms with E-state index in [1.165, 1.54) is 26.0 Å². The summed E-state index contributed by atoms with van der Waals surface area (Å²) in [5.74, 6) is 1.51. The lowest BCUT2D eigenvalue weighted by Crippen LogP contribution is -2.32. The van der Waals surface area contributed by atoms with Gasteiger partial charge in [0.1, 0.15) is 10.6 Å². The SMILES string of the molecule is COc1ccc(-c2cc(C)no2)cc1S(=O)(=O)Nc1ccc(N2CCC(C)CC2)cc1. The predicted molar refractivity (Wildman–Crippen MR) is 121 cm³/mol. The zero-order valence-electron chi connectivity index (χ0n) is 18.0. The summed E-state index contributed by atoms with van der Waals surface area (Å²) in [4.78, 5) is 2.38. The number of methoxy groups -OCH3 is 1. The van der Waals surface area contributed by atoms with Crippen LogP contribution in [0.5, 0.6) is 5.75 Å². The van der Waals surface area contributed by atoms with Crippen molar-refractivity contribution in [3.8, 4) is 17.1 Å². The van der Waals surface area contributed by atoms with Gasteiger partial charge in [0.2, 0.25) is 0 Å². The fraction of sp³-hybridized carbons (Fsp3) is 0.348. The highest BCUT2D eigenvalue weighted by Crippen LogP contribution is 2.32. The van der Waals surface area contributed by atoms with Crippen LogP contribution in [0, 0.1) is 12.8 Å². The van der Waals surface area contributed by atoms with Gasteiger partial charge < -0.3 is 14.2 Å². The van der Waals surface area contributed by atoms with Crippen LogP contribution in [0.4, 0.5) is 11.4 Å². The minimum atomic E-state index is -3.88. The average Bonchev–Trinajstić information content (AvgIpc) is 3.20. The summed E-state index contributed by atoms with van der Waals surface area (Å²) in [5, 5.41) is 3.87. The van der Waals surface area contributed by atoms with Crippen LogP contribution in [0.2, 0.25) is 0 Å². The van der Waals surface area contributed by atoms with Crippen molar-refractivity contribution >= 4 is 21.4 Å². The number of benzene rings is 2. The minimum absolute atomic E-state index is 0.0376. The normalized spacial score (nSPS) is 15.1. The third-order valence-electron chi connectivity index (χ3n) is 5.63. The van der Waals surface area contributed by atoms with Crippen LogP contribution in [-0.2, 0) is 10.0 Å². The molecule has 1 fully saturated rings. The van der Waals surface area contributed by atoms with Crippen LogP contribution >= 0.6 is 0 Å². The Hall–Kier alpha value is -3.00. The number of ether oxygens (including phenoxy) is 1. The van der Waals surface area contributed by atoms with Gasteiger partial charge in [0.15, 0.2) is 5.76 Å². The Morgan fingerprint density at radius 3 is 2.42 bits per heavy atom. The largest absolute Gasteiger partial charge is 0.495 e. The van der Waals surface area contributed by atoms with E-state index in [0.29, 0.717) is 17.0 Å². The van der Waals surface area contributed by atoms with E-state index in [2.05, 4.69) is 21.7 Å². The van der Waals surface area contributed by atoms with E-state index >= 15 is 0 Å². The van der Waals surface area contributed by atoms with Crippen molar-refractivity contribution < 1.29 is 17.7 Å². The molecule has 4 rings (SSSR count). The van der Waals surface area contributed by atoms with E-state index in [4.69, 9.17) is 9.26 Å². The summed E-state index contributed by atoms with van der Waals surface area (Å²) in [6, 6.07) is 14.1. The lowest BCUT2D eigenvalue weighted by Gasteiger charge is -2.32. The first-order valence-electron chi connectivity index (χ1n) is 10.4. The third-order valence-corrected chi connectivity index (χ3v) is 7.04. The van der Waals surface area contributed by atoms with Gasteiger partial charge >= 0.3 is 0 Å². The average molecular weight is 442 g/mol. The number of nitrogens with zero attached hydrogens (tertiary/aromatic N) is 2. The highest BCUT2D eigenvalue weighted by Gasteiger charge is 2.22. The number of piperidine rings is 1. The first-order valence-corrected chi connectivity index (χ1v) is 11.8. The molecule has 1 aliphatic rings. The molecule has 0 unspecified atom stereocenters. The van der Waals surface area contributed by atoms with Gasteiger partial charge in [0, 0.05) is 36.1 Å². The summed E-state index contributed by atoms with van der Waals surface area (Å²) >= 11 is 0. The Morgan fingerprint density at radius 2 is 1.81 bits per heavy atom. The standard InChI is InChI=1S/C23H27N3O4S/c1-16-10-12-26(13-11-16)20-7-5-19(6-8-20)25-31(27,28)23-15-18(4-9-21(23)29-3)22-14-17(2)24-30-22/h4-9,14-16,25H,10-13H2,1-3H3. The second-order valence-corrected chi connectivity index (χ2v) is 9.67.